The maximum absolute atomic E-state index is 9.98. The first-order valence-electron chi connectivity index (χ1n) is 7.53. The highest BCUT2D eigenvalue weighted by Crippen LogP contribution is 2.18. The molecule has 1 saturated heterocycles. The molecule has 1 atom stereocenters. The van der Waals surface area contributed by atoms with Crippen LogP contribution in [0, 0.1) is 5.92 Å². The zero-order chi connectivity index (χ0) is 14.3. The van der Waals surface area contributed by atoms with E-state index in [1.165, 1.54) is 12.8 Å². The fourth-order valence-corrected chi connectivity index (χ4v) is 2.32. The van der Waals surface area contributed by atoms with Crippen LogP contribution >= 0.6 is 0 Å². The van der Waals surface area contributed by atoms with Crippen LogP contribution < -0.4 is 0 Å². The van der Waals surface area contributed by atoms with E-state index in [1.54, 1.807) is 0 Å². The standard InChI is InChI=1S/C15H31NO3/c1-5-18-11-13-6-8-16(9-7-13)10-14(17)12-19-15(2,3)4/h13-14,17H,5-12H2,1-4H3. The van der Waals surface area contributed by atoms with Crippen LogP contribution in [0.15, 0.2) is 0 Å². The van der Waals surface area contributed by atoms with Crippen LogP contribution in [0.1, 0.15) is 40.5 Å². The summed E-state index contributed by atoms with van der Waals surface area (Å²) >= 11 is 0. The van der Waals surface area contributed by atoms with Crippen molar-refractivity contribution in [2.45, 2.75) is 52.2 Å². The fourth-order valence-electron chi connectivity index (χ4n) is 2.32. The van der Waals surface area contributed by atoms with E-state index in [9.17, 15) is 5.11 Å². The normalized spacial score (nSPS) is 20.7. The van der Waals surface area contributed by atoms with Gasteiger partial charge in [0.15, 0.2) is 0 Å². The minimum Gasteiger partial charge on any atom is -0.389 e. The summed E-state index contributed by atoms with van der Waals surface area (Å²) in [4.78, 5) is 2.33. The largest absolute Gasteiger partial charge is 0.389 e. The minimum absolute atomic E-state index is 0.175. The molecule has 4 heteroatoms. The highest BCUT2D eigenvalue weighted by atomic mass is 16.5. The lowest BCUT2D eigenvalue weighted by molar-refractivity contribution is -0.0586. The van der Waals surface area contributed by atoms with Crippen LogP contribution in [-0.4, -0.2) is 61.2 Å². The molecule has 4 nitrogen and oxygen atoms in total. The Hall–Kier alpha value is -0.160. The van der Waals surface area contributed by atoms with Crippen LogP contribution in [0.25, 0.3) is 0 Å². The van der Waals surface area contributed by atoms with Gasteiger partial charge in [0, 0.05) is 19.8 Å². The van der Waals surface area contributed by atoms with E-state index in [2.05, 4.69) is 4.90 Å². The topological polar surface area (TPSA) is 41.9 Å². The Morgan fingerprint density at radius 1 is 1.26 bits per heavy atom. The molecule has 0 saturated carbocycles. The predicted octanol–water partition coefficient (Wildman–Crippen LogP) is 1.91. The molecule has 1 fully saturated rings. The SMILES string of the molecule is CCOCC1CCN(CC(O)COC(C)(C)C)CC1. The zero-order valence-electron chi connectivity index (χ0n) is 13.0. The van der Waals surface area contributed by atoms with Crippen LogP contribution in [0.2, 0.25) is 0 Å². The molecule has 0 aromatic rings. The Bertz CT molecular complexity index is 232. The molecule has 0 radical (unpaired) electrons. The molecular weight excluding hydrogens is 242 g/mol. The third-order valence-electron chi connectivity index (χ3n) is 3.44. The number of piperidine rings is 1. The van der Waals surface area contributed by atoms with Crippen molar-refractivity contribution in [3.8, 4) is 0 Å². The summed E-state index contributed by atoms with van der Waals surface area (Å²) in [5.74, 6) is 0.694. The van der Waals surface area contributed by atoms with E-state index in [0.29, 0.717) is 12.5 Å². The zero-order valence-corrected chi connectivity index (χ0v) is 13.0. The van der Waals surface area contributed by atoms with Gasteiger partial charge in [-0.25, -0.2) is 0 Å². The number of ether oxygens (including phenoxy) is 2. The molecule has 0 spiro atoms. The van der Waals surface area contributed by atoms with Crippen LogP contribution in [0.4, 0.5) is 0 Å². The Labute approximate surface area is 118 Å². The molecule has 1 unspecified atom stereocenters. The van der Waals surface area contributed by atoms with Gasteiger partial charge in [0.05, 0.1) is 18.3 Å². The summed E-state index contributed by atoms with van der Waals surface area (Å²) in [6.45, 7) is 13.0. The quantitative estimate of drug-likeness (QED) is 0.769. The summed E-state index contributed by atoms with van der Waals surface area (Å²) in [6.07, 6.45) is 1.96. The van der Waals surface area contributed by atoms with Gasteiger partial charge in [-0.05, 0) is 59.5 Å². The Kier molecular flexibility index (Phi) is 7.29. The van der Waals surface area contributed by atoms with Gasteiger partial charge in [-0.3, -0.25) is 0 Å². The molecule has 1 heterocycles. The van der Waals surface area contributed by atoms with E-state index < -0.39 is 0 Å². The van der Waals surface area contributed by atoms with Gasteiger partial charge in [-0.2, -0.15) is 0 Å². The van der Waals surface area contributed by atoms with Gasteiger partial charge in [0.25, 0.3) is 0 Å². The summed E-state index contributed by atoms with van der Waals surface area (Å²) < 4.78 is 11.1. The third kappa shape index (κ3) is 7.88. The highest BCUT2D eigenvalue weighted by Gasteiger charge is 2.22. The molecule has 0 aromatic carbocycles. The number of hydrogen-bond acceptors (Lipinski definition) is 4. The average Bonchev–Trinajstić information content (AvgIpc) is 2.35. The summed E-state index contributed by atoms with van der Waals surface area (Å²) in [5.41, 5.74) is -0.175. The van der Waals surface area contributed by atoms with Crippen LogP contribution in [0.3, 0.4) is 0 Å². The van der Waals surface area contributed by atoms with Gasteiger partial charge in [-0.15, -0.1) is 0 Å². The second-order valence-electron chi connectivity index (χ2n) is 6.48. The molecular formula is C15H31NO3. The molecule has 1 aliphatic heterocycles. The van der Waals surface area contributed by atoms with Gasteiger partial charge in [0.2, 0.25) is 0 Å². The van der Waals surface area contributed by atoms with Crippen molar-refractivity contribution in [1.29, 1.82) is 0 Å². The van der Waals surface area contributed by atoms with Crippen molar-refractivity contribution < 1.29 is 14.6 Å². The number of aliphatic hydroxyl groups excluding tert-OH is 1. The summed E-state index contributed by atoms with van der Waals surface area (Å²) in [7, 11) is 0. The monoisotopic (exact) mass is 273 g/mol. The lowest BCUT2D eigenvalue weighted by atomic mass is 9.97. The van der Waals surface area contributed by atoms with E-state index in [4.69, 9.17) is 9.47 Å². The fraction of sp³-hybridized carbons (Fsp3) is 1.00. The number of likely N-dealkylation sites (tertiary alicyclic amines) is 1. The van der Waals surface area contributed by atoms with Crippen LogP contribution in [0.5, 0.6) is 0 Å². The molecule has 19 heavy (non-hydrogen) atoms. The van der Waals surface area contributed by atoms with E-state index in [-0.39, 0.29) is 11.7 Å². The average molecular weight is 273 g/mol. The number of β-amino-alcohol motifs (C(OH)–C–C–N with tert-alkyl or cyclic N) is 1. The second kappa shape index (κ2) is 8.20. The van der Waals surface area contributed by atoms with Gasteiger partial charge in [0.1, 0.15) is 0 Å². The maximum atomic E-state index is 9.98. The molecule has 1 N–H and O–H groups in total. The Morgan fingerprint density at radius 3 is 2.42 bits per heavy atom. The third-order valence-corrected chi connectivity index (χ3v) is 3.44. The maximum Gasteiger partial charge on any atom is 0.0900 e. The van der Waals surface area contributed by atoms with Crippen LogP contribution in [-0.2, 0) is 9.47 Å². The molecule has 114 valence electrons. The molecule has 0 aliphatic carbocycles. The van der Waals surface area contributed by atoms with Gasteiger partial charge < -0.3 is 19.5 Å². The highest BCUT2D eigenvalue weighted by molar-refractivity contribution is 4.74. The van der Waals surface area contributed by atoms with Crippen molar-refractivity contribution >= 4 is 0 Å². The lowest BCUT2D eigenvalue weighted by Crippen LogP contribution is -2.41. The van der Waals surface area contributed by atoms with Crippen molar-refractivity contribution in [3.05, 3.63) is 0 Å². The number of nitrogens with zero attached hydrogens (tertiary/aromatic N) is 1. The molecule has 1 aliphatic rings. The minimum atomic E-state index is -0.386. The van der Waals surface area contributed by atoms with Gasteiger partial charge >= 0.3 is 0 Å². The van der Waals surface area contributed by atoms with Crippen molar-refractivity contribution in [2.24, 2.45) is 5.92 Å². The first-order valence-corrected chi connectivity index (χ1v) is 7.53. The number of rotatable bonds is 7. The first kappa shape index (κ1) is 16.9. The number of hydrogen-bond donors (Lipinski definition) is 1. The predicted molar refractivity (Wildman–Crippen MR) is 77.4 cm³/mol. The molecule has 0 bridgehead atoms. The summed E-state index contributed by atoms with van der Waals surface area (Å²) in [6, 6.07) is 0. The second-order valence-corrected chi connectivity index (χ2v) is 6.48. The van der Waals surface area contributed by atoms with E-state index in [1.807, 2.05) is 27.7 Å². The van der Waals surface area contributed by atoms with Crippen molar-refractivity contribution in [2.75, 3.05) is 39.5 Å². The Balaban J connectivity index is 2.14. The molecule has 0 amide bonds. The van der Waals surface area contributed by atoms with Gasteiger partial charge in [-0.1, -0.05) is 0 Å². The molecule has 0 aromatic heterocycles. The molecule has 1 rings (SSSR count). The summed E-state index contributed by atoms with van der Waals surface area (Å²) in [5, 5.41) is 9.98. The van der Waals surface area contributed by atoms with Crippen molar-refractivity contribution in [3.63, 3.8) is 0 Å². The Morgan fingerprint density at radius 2 is 1.89 bits per heavy atom. The number of aliphatic hydroxyl groups is 1. The lowest BCUT2D eigenvalue weighted by Gasteiger charge is -2.33. The van der Waals surface area contributed by atoms with E-state index >= 15 is 0 Å². The smallest absolute Gasteiger partial charge is 0.0900 e. The first-order chi connectivity index (χ1) is 8.90. The van der Waals surface area contributed by atoms with E-state index in [0.717, 1.165) is 32.8 Å². The van der Waals surface area contributed by atoms with Crippen molar-refractivity contribution in [1.82, 2.24) is 4.90 Å².